The molecule has 3 aliphatic rings. The number of halogens is 1. The summed E-state index contributed by atoms with van der Waals surface area (Å²) in [5.74, 6) is -0.974. The number of benzene rings is 2. The van der Waals surface area contributed by atoms with Crippen LogP contribution < -0.4 is 4.90 Å². The van der Waals surface area contributed by atoms with E-state index in [1.54, 1.807) is 21.9 Å². The minimum Gasteiger partial charge on any atom is -0.341 e. The summed E-state index contributed by atoms with van der Waals surface area (Å²) in [4.78, 5) is 46.7. The lowest BCUT2D eigenvalue weighted by atomic mass is 9.85. The Morgan fingerprint density at radius 1 is 0.853 bits per heavy atom. The highest BCUT2D eigenvalue weighted by atomic mass is 19.1. The zero-order valence-corrected chi connectivity index (χ0v) is 19.2. The topological polar surface area (TPSA) is 64.2 Å². The Hall–Kier alpha value is -3.42. The molecule has 5 rings (SSSR count). The third-order valence-electron chi connectivity index (χ3n) is 7.35. The molecule has 0 saturated carbocycles. The van der Waals surface area contributed by atoms with Gasteiger partial charge < -0.3 is 19.6 Å². The van der Waals surface area contributed by atoms with Crippen molar-refractivity contribution in [1.82, 2.24) is 14.7 Å². The Labute approximate surface area is 198 Å². The molecule has 1 spiro atoms. The van der Waals surface area contributed by atoms with Gasteiger partial charge in [-0.2, -0.15) is 0 Å². The van der Waals surface area contributed by atoms with Crippen LogP contribution in [0.15, 0.2) is 54.6 Å². The molecular formula is C26H29FN4O3. The van der Waals surface area contributed by atoms with Crippen LogP contribution >= 0.6 is 0 Å². The molecule has 0 aliphatic carbocycles. The average Bonchev–Trinajstić information content (AvgIpc) is 3.49. The van der Waals surface area contributed by atoms with Gasteiger partial charge in [-0.25, -0.2) is 4.39 Å². The maximum absolute atomic E-state index is 14.2. The summed E-state index contributed by atoms with van der Waals surface area (Å²) >= 11 is 0. The Kier molecular flexibility index (Phi) is 5.98. The highest BCUT2D eigenvalue weighted by molar-refractivity contribution is 5.97. The number of carbonyl (C=O) groups is 3. The van der Waals surface area contributed by atoms with E-state index in [2.05, 4.69) is 4.90 Å². The molecule has 8 heteroatoms. The van der Waals surface area contributed by atoms with E-state index < -0.39 is 11.4 Å². The summed E-state index contributed by atoms with van der Waals surface area (Å²) in [6, 6.07) is 15.7. The smallest absolute Gasteiger partial charge is 0.256 e. The largest absolute Gasteiger partial charge is 0.341 e. The predicted molar refractivity (Wildman–Crippen MR) is 126 cm³/mol. The molecular weight excluding hydrogens is 435 g/mol. The van der Waals surface area contributed by atoms with Gasteiger partial charge in [0.1, 0.15) is 17.9 Å². The number of nitrogens with zero attached hydrogens (tertiary/aromatic N) is 4. The summed E-state index contributed by atoms with van der Waals surface area (Å²) in [6.45, 7) is 2.60. The fourth-order valence-electron chi connectivity index (χ4n) is 5.44. The fourth-order valence-corrected chi connectivity index (χ4v) is 5.44. The van der Waals surface area contributed by atoms with Crippen LogP contribution in [0.5, 0.6) is 0 Å². The molecule has 0 aromatic heterocycles. The second kappa shape index (κ2) is 9.08. The summed E-state index contributed by atoms with van der Waals surface area (Å²) in [5, 5.41) is 0. The highest BCUT2D eigenvalue weighted by Gasteiger charge is 2.54. The van der Waals surface area contributed by atoms with Gasteiger partial charge in [-0.05, 0) is 49.9 Å². The van der Waals surface area contributed by atoms with Crippen molar-refractivity contribution >= 4 is 23.4 Å². The first-order valence-corrected chi connectivity index (χ1v) is 11.9. The van der Waals surface area contributed by atoms with E-state index in [0.29, 0.717) is 32.6 Å². The van der Waals surface area contributed by atoms with Crippen LogP contribution in [0, 0.1) is 5.82 Å². The standard InChI is InChI=1S/C26H29FN4O3/c27-22-11-5-4-10-21(22)24(33)29-16-12-26(13-17-29)25(34)30(18-23(32)28-14-6-7-15-28)19-31(26)20-8-2-1-3-9-20/h1-5,8-11H,6-7,12-19H2. The molecule has 3 fully saturated rings. The zero-order valence-electron chi connectivity index (χ0n) is 19.2. The van der Waals surface area contributed by atoms with E-state index in [-0.39, 0.29) is 29.8 Å². The summed E-state index contributed by atoms with van der Waals surface area (Å²) < 4.78 is 14.2. The fraction of sp³-hybridized carbons (Fsp3) is 0.423. The van der Waals surface area contributed by atoms with Crippen LogP contribution in [0.4, 0.5) is 10.1 Å². The molecule has 3 heterocycles. The van der Waals surface area contributed by atoms with Crippen LogP contribution in [-0.2, 0) is 9.59 Å². The summed E-state index contributed by atoms with van der Waals surface area (Å²) in [7, 11) is 0. The van der Waals surface area contributed by atoms with Crippen molar-refractivity contribution in [3.8, 4) is 0 Å². The van der Waals surface area contributed by atoms with Gasteiger partial charge in [0, 0.05) is 31.9 Å². The van der Waals surface area contributed by atoms with Crippen LogP contribution in [0.25, 0.3) is 0 Å². The monoisotopic (exact) mass is 464 g/mol. The minimum absolute atomic E-state index is 0.0110. The lowest BCUT2D eigenvalue weighted by molar-refractivity contribution is -0.140. The molecule has 0 N–H and O–H groups in total. The second-order valence-corrected chi connectivity index (χ2v) is 9.30. The van der Waals surface area contributed by atoms with Gasteiger partial charge in [0.15, 0.2) is 0 Å². The number of hydrogen-bond acceptors (Lipinski definition) is 4. The van der Waals surface area contributed by atoms with Crippen molar-refractivity contribution in [3.63, 3.8) is 0 Å². The number of piperidine rings is 1. The third kappa shape index (κ3) is 3.91. The van der Waals surface area contributed by atoms with E-state index in [1.165, 1.54) is 12.1 Å². The number of amides is 3. The summed E-state index contributed by atoms with van der Waals surface area (Å²) in [6.07, 6.45) is 2.86. The molecule has 0 radical (unpaired) electrons. The van der Waals surface area contributed by atoms with E-state index in [0.717, 1.165) is 31.6 Å². The Morgan fingerprint density at radius 2 is 1.50 bits per heavy atom. The summed E-state index contributed by atoms with van der Waals surface area (Å²) in [5.41, 5.74) is 0.147. The van der Waals surface area contributed by atoms with Crippen molar-refractivity contribution in [1.29, 1.82) is 0 Å². The van der Waals surface area contributed by atoms with Crippen LogP contribution in [0.2, 0.25) is 0 Å². The first-order chi connectivity index (χ1) is 16.5. The Bertz CT molecular complexity index is 1080. The molecule has 2 aromatic rings. The number of anilines is 1. The number of likely N-dealkylation sites (tertiary alicyclic amines) is 2. The van der Waals surface area contributed by atoms with E-state index in [4.69, 9.17) is 0 Å². The Morgan fingerprint density at radius 3 is 2.18 bits per heavy atom. The van der Waals surface area contributed by atoms with Gasteiger partial charge in [-0.1, -0.05) is 30.3 Å². The van der Waals surface area contributed by atoms with Crippen LogP contribution in [0.3, 0.4) is 0 Å². The number of carbonyl (C=O) groups excluding carboxylic acids is 3. The van der Waals surface area contributed by atoms with Gasteiger partial charge in [-0.3, -0.25) is 14.4 Å². The van der Waals surface area contributed by atoms with Crippen molar-refractivity contribution in [2.45, 2.75) is 31.2 Å². The minimum atomic E-state index is -0.821. The Balaban J connectivity index is 1.37. The van der Waals surface area contributed by atoms with Crippen molar-refractivity contribution in [3.05, 3.63) is 66.0 Å². The van der Waals surface area contributed by atoms with E-state index >= 15 is 0 Å². The van der Waals surface area contributed by atoms with Gasteiger partial charge in [0.25, 0.3) is 11.8 Å². The molecule has 3 saturated heterocycles. The first-order valence-electron chi connectivity index (χ1n) is 11.9. The number of hydrogen-bond donors (Lipinski definition) is 0. The maximum Gasteiger partial charge on any atom is 0.256 e. The maximum atomic E-state index is 14.2. The second-order valence-electron chi connectivity index (χ2n) is 9.30. The highest BCUT2D eigenvalue weighted by Crippen LogP contribution is 2.39. The molecule has 34 heavy (non-hydrogen) atoms. The van der Waals surface area contributed by atoms with Crippen LogP contribution in [0.1, 0.15) is 36.0 Å². The van der Waals surface area contributed by atoms with E-state index in [1.807, 2.05) is 35.2 Å². The normalized spacial score (nSPS) is 19.9. The predicted octanol–water partition coefficient (Wildman–Crippen LogP) is 2.73. The van der Waals surface area contributed by atoms with E-state index in [9.17, 15) is 18.8 Å². The number of para-hydroxylation sites is 1. The molecule has 7 nitrogen and oxygen atoms in total. The first kappa shape index (κ1) is 22.4. The van der Waals surface area contributed by atoms with Gasteiger partial charge in [0.2, 0.25) is 5.91 Å². The van der Waals surface area contributed by atoms with Crippen LogP contribution in [-0.4, -0.2) is 77.4 Å². The molecule has 178 valence electrons. The molecule has 0 atom stereocenters. The van der Waals surface area contributed by atoms with Crippen molar-refractivity contribution in [2.24, 2.45) is 0 Å². The quantitative estimate of drug-likeness (QED) is 0.698. The van der Waals surface area contributed by atoms with Crippen molar-refractivity contribution < 1.29 is 18.8 Å². The molecule has 3 aliphatic heterocycles. The van der Waals surface area contributed by atoms with Gasteiger partial charge in [-0.15, -0.1) is 0 Å². The molecule has 3 amide bonds. The average molecular weight is 465 g/mol. The molecule has 0 bridgehead atoms. The SMILES string of the molecule is O=C(CN1CN(c2ccccc2)C2(CCN(C(=O)c3ccccc3F)CC2)C1=O)N1CCCC1. The third-order valence-corrected chi connectivity index (χ3v) is 7.35. The molecule has 2 aromatic carbocycles. The zero-order chi connectivity index (χ0) is 23.7. The van der Waals surface area contributed by atoms with Gasteiger partial charge >= 0.3 is 0 Å². The lowest BCUT2D eigenvalue weighted by Crippen LogP contribution is -2.57. The lowest BCUT2D eigenvalue weighted by Gasteiger charge is -2.43. The number of rotatable bonds is 4. The van der Waals surface area contributed by atoms with Crippen molar-refractivity contribution in [2.75, 3.05) is 44.3 Å². The molecule has 0 unspecified atom stereocenters. The van der Waals surface area contributed by atoms with Gasteiger partial charge in [0.05, 0.1) is 12.2 Å².